The largest absolute Gasteiger partial charge is 0.480 e. The van der Waals surface area contributed by atoms with Gasteiger partial charge in [-0.3, -0.25) is 0 Å². The normalized spacial score (nSPS) is 18.8. The summed E-state index contributed by atoms with van der Waals surface area (Å²) in [6.45, 7) is 0.280. The Balaban J connectivity index is 1.82. The Labute approximate surface area is 144 Å². The highest BCUT2D eigenvalue weighted by atomic mass is 19.4. The second kappa shape index (κ2) is 7.74. The molecule has 3 rings (SSSR count). The SMILES string of the molecule is FC(F)(F)COc1ncccc1O[C@H](c1ccccc1)C1CCNC1. The van der Waals surface area contributed by atoms with Crippen molar-refractivity contribution in [3.05, 3.63) is 54.2 Å². The average Bonchev–Trinajstić information content (AvgIpc) is 3.13. The molecule has 1 aliphatic heterocycles. The van der Waals surface area contributed by atoms with E-state index in [0.717, 1.165) is 25.1 Å². The van der Waals surface area contributed by atoms with Crippen molar-refractivity contribution in [3.63, 3.8) is 0 Å². The predicted octanol–water partition coefficient (Wildman–Crippen LogP) is 3.75. The van der Waals surface area contributed by atoms with Crippen LogP contribution >= 0.6 is 0 Å². The molecule has 0 radical (unpaired) electrons. The first-order valence-corrected chi connectivity index (χ1v) is 8.10. The summed E-state index contributed by atoms with van der Waals surface area (Å²) in [5.41, 5.74) is 0.974. The van der Waals surface area contributed by atoms with E-state index in [1.54, 1.807) is 12.1 Å². The molecule has 1 N–H and O–H groups in total. The molecule has 2 aromatic rings. The molecule has 25 heavy (non-hydrogen) atoms. The predicted molar refractivity (Wildman–Crippen MR) is 86.6 cm³/mol. The first-order chi connectivity index (χ1) is 12.0. The standard InChI is InChI=1S/C18H19F3N2O2/c19-18(20,21)12-24-17-15(7-4-9-23-17)25-16(14-8-10-22-11-14)13-5-2-1-3-6-13/h1-7,9,14,16,22H,8,10-12H2/t14?,16-/m1/s1. The molecule has 1 aromatic carbocycles. The van der Waals surface area contributed by atoms with E-state index in [-0.39, 0.29) is 23.7 Å². The van der Waals surface area contributed by atoms with Crippen LogP contribution in [0.5, 0.6) is 11.6 Å². The van der Waals surface area contributed by atoms with Gasteiger partial charge in [0.05, 0.1) is 0 Å². The Bertz CT molecular complexity index is 674. The molecule has 7 heteroatoms. The number of rotatable bonds is 6. The lowest BCUT2D eigenvalue weighted by molar-refractivity contribution is -0.154. The summed E-state index contributed by atoms with van der Waals surface area (Å²) in [7, 11) is 0. The number of ether oxygens (including phenoxy) is 2. The lowest BCUT2D eigenvalue weighted by atomic mass is 9.95. The van der Waals surface area contributed by atoms with Crippen molar-refractivity contribution in [1.29, 1.82) is 0 Å². The number of aromatic nitrogens is 1. The molecule has 2 atom stereocenters. The minimum Gasteiger partial charge on any atom is -0.480 e. The number of nitrogens with one attached hydrogen (secondary N) is 1. The summed E-state index contributed by atoms with van der Waals surface area (Å²) >= 11 is 0. The molecule has 4 nitrogen and oxygen atoms in total. The van der Waals surface area contributed by atoms with Crippen LogP contribution in [0.1, 0.15) is 18.1 Å². The van der Waals surface area contributed by atoms with Gasteiger partial charge in [-0.2, -0.15) is 13.2 Å². The van der Waals surface area contributed by atoms with Crippen LogP contribution in [0.15, 0.2) is 48.7 Å². The Kier molecular flexibility index (Phi) is 5.43. The van der Waals surface area contributed by atoms with Crippen LogP contribution < -0.4 is 14.8 Å². The molecule has 2 heterocycles. The second-order valence-electron chi connectivity index (χ2n) is 5.91. The zero-order chi connectivity index (χ0) is 17.7. The van der Waals surface area contributed by atoms with Crippen molar-refractivity contribution in [2.24, 2.45) is 5.92 Å². The Morgan fingerprint density at radius 2 is 1.96 bits per heavy atom. The maximum absolute atomic E-state index is 12.4. The first kappa shape index (κ1) is 17.5. The van der Waals surface area contributed by atoms with Crippen LogP contribution in [0.2, 0.25) is 0 Å². The van der Waals surface area contributed by atoms with E-state index < -0.39 is 12.8 Å². The van der Waals surface area contributed by atoms with Crippen LogP contribution in [0.3, 0.4) is 0 Å². The van der Waals surface area contributed by atoms with E-state index >= 15 is 0 Å². The van der Waals surface area contributed by atoms with Crippen LogP contribution in [0.25, 0.3) is 0 Å². The average molecular weight is 352 g/mol. The van der Waals surface area contributed by atoms with Gasteiger partial charge in [0.1, 0.15) is 6.10 Å². The fourth-order valence-corrected chi connectivity index (χ4v) is 2.88. The van der Waals surface area contributed by atoms with Crippen molar-refractivity contribution in [2.75, 3.05) is 19.7 Å². The van der Waals surface area contributed by atoms with Gasteiger partial charge in [0.25, 0.3) is 5.88 Å². The highest BCUT2D eigenvalue weighted by Gasteiger charge is 2.31. The highest BCUT2D eigenvalue weighted by molar-refractivity contribution is 5.34. The molecule has 1 aromatic heterocycles. The van der Waals surface area contributed by atoms with Crippen LogP contribution in [0, 0.1) is 5.92 Å². The van der Waals surface area contributed by atoms with Crippen molar-refractivity contribution in [2.45, 2.75) is 18.7 Å². The van der Waals surface area contributed by atoms with Gasteiger partial charge in [-0.1, -0.05) is 30.3 Å². The van der Waals surface area contributed by atoms with Gasteiger partial charge in [0, 0.05) is 18.7 Å². The Hall–Kier alpha value is -2.28. The van der Waals surface area contributed by atoms with Gasteiger partial charge >= 0.3 is 6.18 Å². The maximum Gasteiger partial charge on any atom is 0.422 e. The Morgan fingerprint density at radius 3 is 2.64 bits per heavy atom. The van der Waals surface area contributed by atoms with Crippen molar-refractivity contribution in [1.82, 2.24) is 10.3 Å². The molecule has 0 bridgehead atoms. The zero-order valence-electron chi connectivity index (χ0n) is 13.5. The van der Waals surface area contributed by atoms with Gasteiger partial charge < -0.3 is 14.8 Å². The molecule has 0 spiro atoms. The molecule has 1 unspecified atom stereocenters. The van der Waals surface area contributed by atoms with Crippen molar-refractivity contribution < 1.29 is 22.6 Å². The van der Waals surface area contributed by atoms with Crippen molar-refractivity contribution in [3.8, 4) is 11.6 Å². The van der Waals surface area contributed by atoms with Gasteiger partial charge in [-0.05, 0) is 30.7 Å². The molecule has 0 amide bonds. The molecule has 1 saturated heterocycles. The fourth-order valence-electron chi connectivity index (χ4n) is 2.88. The van der Waals surface area contributed by atoms with E-state index in [9.17, 15) is 13.2 Å². The van der Waals surface area contributed by atoms with Gasteiger partial charge in [-0.25, -0.2) is 4.98 Å². The minimum absolute atomic E-state index is 0.147. The van der Waals surface area contributed by atoms with Gasteiger partial charge in [0.2, 0.25) is 0 Å². The highest BCUT2D eigenvalue weighted by Crippen LogP contribution is 2.35. The number of hydrogen-bond acceptors (Lipinski definition) is 4. The third-order valence-electron chi connectivity index (χ3n) is 4.02. The lowest BCUT2D eigenvalue weighted by Gasteiger charge is -2.25. The van der Waals surface area contributed by atoms with Crippen LogP contribution in [0.4, 0.5) is 13.2 Å². The summed E-state index contributed by atoms with van der Waals surface area (Å²) < 4.78 is 48.2. The minimum atomic E-state index is -4.43. The number of halogens is 3. The number of pyridine rings is 1. The van der Waals surface area contributed by atoms with E-state index in [4.69, 9.17) is 9.47 Å². The number of alkyl halides is 3. The summed E-state index contributed by atoms with van der Waals surface area (Å²) in [4.78, 5) is 3.89. The summed E-state index contributed by atoms with van der Waals surface area (Å²) in [5, 5.41) is 3.29. The third-order valence-corrected chi connectivity index (χ3v) is 4.02. The fraction of sp³-hybridized carbons (Fsp3) is 0.389. The number of nitrogens with zero attached hydrogens (tertiary/aromatic N) is 1. The molecule has 0 saturated carbocycles. The first-order valence-electron chi connectivity index (χ1n) is 8.10. The molecule has 134 valence electrons. The van der Waals surface area contributed by atoms with Gasteiger partial charge in [-0.15, -0.1) is 0 Å². The van der Waals surface area contributed by atoms with Crippen molar-refractivity contribution >= 4 is 0 Å². The van der Waals surface area contributed by atoms with E-state index in [1.165, 1.54) is 6.20 Å². The molecule has 1 fully saturated rings. The van der Waals surface area contributed by atoms with Crippen LogP contribution in [-0.2, 0) is 0 Å². The van der Waals surface area contributed by atoms with E-state index in [2.05, 4.69) is 10.3 Å². The van der Waals surface area contributed by atoms with E-state index in [1.807, 2.05) is 30.3 Å². The lowest BCUT2D eigenvalue weighted by Crippen LogP contribution is -2.23. The summed E-state index contributed by atoms with van der Waals surface area (Å²) in [6.07, 6.45) is -2.40. The van der Waals surface area contributed by atoms with Crippen LogP contribution in [-0.4, -0.2) is 30.9 Å². The quantitative estimate of drug-likeness (QED) is 0.860. The monoisotopic (exact) mass is 352 g/mol. The number of hydrogen-bond donors (Lipinski definition) is 1. The Morgan fingerprint density at radius 1 is 1.16 bits per heavy atom. The maximum atomic E-state index is 12.4. The smallest absolute Gasteiger partial charge is 0.422 e. The molecule has 1 aliphatic rings. The van der Waals surface area contributed by atoms with E-state index in [0.29, 0.717) is 0 Å². The van der Waals surface area contributed by atoms with Gasteiger partial charge in [0.15, 0.2) is 12.4 Å². The zero-order valence-corrected chi connectivity index (χ0v) is 13.5. The molecular formula is C18H19F3N2O2. The summed E-state index contributed by atoms with van der Waals surface area (Å²) in [6, 6.07) is 12.8. The second-order valence-corrected chi connectivity index (χ2v) is 5.91. The summed E-state index contributed by atoms with van der Waals surface area (Å²) in [5.74, 6) is 0.289. The topological polar surface area (TPSA) is 43.4 Å². The molecular weight excluding hydrogens is 333 g/mol. The number of benzene rings is 1. The third kappa shape index (κ3) is 4.85. The molecule has 0 aliphatic carbocycles.